The Kier molecular flexibility index (Phi) is 3.03. The number of hydrogen-bond acceptors (Lipinski definition) is 2. The smallest absolute Gasteiger partial charge is 0.232 e. The van der Waals surface area contributed by atoms with Gasteiger partial charge >= 0.3 is 0 Å². The van der Waals surface area contributed by atoms with Crippen LogP contribution in [0.3, 0.4) is 0 Å². The Morgan fingerprint density at radius 1 is 1.48 bits per heavy atom. The molecule has 23 heavy (non-hydrogen) atoms. The predicted molar refractivity (Wildman–Crippen MR) is 87.7 cm³/mol. The number of likely N-dealkylation sites (tertiary alicyclic amines) is 1. The van der Waals surface area contributed by atoms with E-state index in [0.717, 1.165) is 36.1 Å². The number of hydrogen-bond donors (Lipinski definition) is 1. The Hall–Kier alpha value is -2.10. The number of allylic oxidation sites excluding steroid dienone is 1. The summed E-state index contributed by atoms with van der Waals surface area (Å²) in [4.78, 5) is 27.2. The third kappa shape index (κ3) is 2.28. The van der Waals surface area contributed by atoms with Crippen molar-refractivity contribution in [3.05, 3.63) is 47.6 Å². The van der Waals surface area contributed by atoms with E-state index < -0.39 is 5.41 Å². The van der Waals surface area contributed by atoms with Crippen LogP contribution in [0.2, 0.25) is 0 Å². The maximum absolute atomic E-state index is 13.1. The molecule has 2 amide bonds. The molecule has 4 rings (SSSR count). The summed E-state index contributed by atoms with van der Waals surface area (Å²) < 4.78 is 8.08. The molecule has 3 aliphatic rings. The van der Waals surface area contributed by atoms with Gasteiger partial charge in [-0.2, -0.15) is 0 Å². The van der Waals surface area contributed by atoms with Crippen molar-refractivity contribution in [2.24, 2.45) is 5.41 Å². The summed E-state index contributed by atoms with van der Waals surface area (Å²) in [5.74, 6) is -0.0362. The molecule has 1 aromatic carbocycles. The monoisotopic (exact) mass is 312 g/mol. The second-order valence-corrected chi connectivity index (χ2v) is 7.07. The molecule has 0 radical (unpaired) electrons. The lowest BCUT2D eigenvalue weighted by Crippen LogP contribution is -2.39. The molecule has 2 heterocycles. The molecule has 2 saturated heterocycles. The summed E-state index contributed by atoms with van der Waals surface area (Å²) in [6.07, 6.45) is 3.99. The van der Waals surface area contributed by atoms with Crippen molar-refractivity contribution in [2.75, 3.05) is 13.1 Å². The lowest BCUT2D eigenvalue weighted by Gasteiger charge is -2.29. The molecule has 120 valence electrons. The standard InChI is InChI=1S/C19H22N2O2/c1-13-11-19(18(23)20-13)9-10-21(12-19)17(22)16-8-4-6-14-5-2-3-7-15(14)16/h2-3,5,7,16H,1,4,6,8-12H2,(H,20,23)/i5T. The predicted octanol–water partition coefficient (Wildman–Crippen LogP) is 2.36. The first-order valence-corrected chi connectivity index (χ1v) is 8.37. The Morgan fingerprint density at radius 3 is 3.13 bits per heavy atom. The van der Waals surface area contributed by atoms with Crippen molar-refractivity contribution < 1.29 is 11.0 Å². The van der Waals surface area contributed by atoms with Crippen molar-refractivity contribution in [1.29, 1.82) is 0 Å². The highest BCUT2D eigenvalue weighted by atomic mass is 16.2. The van der Waals surface area contributed by atoms with Gasteiger partial charge in [-0.3, -0.25) is 9.59 Å². The van der Waals surface area contributed by atoms with Crippen LogP contribution in [0.4, 0.5) is 0 Å². The lowest BCUT2D eigenvalue weighted by atomic mass is 9.82. The third-order valence-electron chi connectivity index (χ3n) is 5.56. The van der Waals surface area contributed by atoms with Gasteiger partial charge in [-0.25, -0.2) is 0 Å². The van der Waals surface area contributed by atoms with Gasteiger partial charge in [-0.1, -0.05) is 30.8 Å². The highest BCUT2D eigenvalue weighted by molar-refractivity contribution is 5.90. The van der Waals surface area contributed by atoms with Crippen LogP contribution in [-0.2, 0) is 16.0 Å². The minimum atomic E-state index is -0.471. The number of benzene rings is 1. The van der Waals surface area contributed by atoms with Crippen LogP contribution in [0, 0.1) is 5.41 Å². The van der Waals surface area contributed by atoms with Crippen LogP contribution in [0.15, 0.2) is 36.5 Å². The van der Waals surface area contributed by atoms with Gasteiger partial charge < -0.3 is 10.2 Å². The minimum Gasteiger partial charge on any atom is -0.341 e. The zero-order valence-corrected chi connectivity index (χ0v) is 13.2. The first kappa shape index (κ1) is 13.3. The molecule has 4 nitrogen and oxygen atoms in total. The summed E-state index contributed by atoms with van der Waals surface area (Å²) in [5.41, 5.74) is 2.32. The maximum Gasteiger partial charge on any atom is 0.232 e. The van der Waals surface area contributed by atoms with Crippen LogP contribution in [0.25, 0.3) is 0 Å². The number of amides is 2. The molecule has 2 unspecified atom stereocenters. The topological polar surface area (TPSA) is 49.4 Å². The molecule has 1 spiro atoms. The van der Waals surface area contributed by atoms with Crippen molar-refractivity contribution in [3.8, 4) is 0 Å². The summed E-state index contributed by atoms with van der Waals surface area (Å²) in [5, 5.41) is 2.82. The quantitative estimate of drug-likeness (QED) is 0.865. The van der Waals surface area contributed by atoms with E-state index in [1.807, 2.05) is 17.0 Å². The molecular formula is C19H22N2O2. The van der Waals surface area contributed by atoms with Crippen LogP contribution in [0.5, 0.6) is 0 Å². The number of carbonyl (C=O) groups excluding carboxylic acids is 2. The van der Waals surface area contributed by atoms with E-state index in [1.54, 1.807) is 6.07 Å². The van der Waals surface area contributed by atoms with E-state index in [1.165, 1.54) is 0 Å². The lowest BCUT2D eigenvalue weighted by molar-refractivity contribution is -0.133. The average molecular weight is 312 g/mol. The van der Waals surface area contributed by atoms with E-state index >= 15 is 0 Å². The molecule has 2 atom stereocenters. The van der Waals surface area contributed by atoms with Crippen LogP contribution < -0.4 is 5.32 Å². The van der Waals surface area contributed by atoms with Gasteiger partial charge in [-0.15, -0.1) is 0 Å². The Balaban J connectivity index is 1.57. The second kappa shape index (κ2) is 5.22. The van der Waals surface area contributed by atoms with E-state index in [0.29, 0.717) is 32.0 Å². The van der Waals surface area contributed by atoms with Crippen molar-refractivity contribution in [2.45, 2.75) is 38.0 Å². The molecular weight excluding hydrogens is 288 g/mol. The van der Waals surface area contributed by atoms with E-state index in [2.05, 4.69) is 11.9 Å². The number of carbonyl (C=O) groups is 2. The van der Waals surface area contributed by atoms with Gasteiger partial charge in [0, 0.05) is 25.2 Å². The fourth-order valence-corrected chi connectivity index (χ4v) is 4.36. The van der Waals surface area contributed by atoms with E-state index in [9.17, 15) is 9.59 Å². The fourth-order valence-electron chi connectivity index (χ4n) is 4.36. The van der Waals surface area contributed by atoms with Crippen molar-refractivity contribution in [1.82, 2.24) is 10.2 Å². The Bertz CT molecular complexity index is 745. The van der Waals surface area contributed by atoms with Gasteiger partial charge in [0.15, 0.2) is 0 Å². The molecule has 2 aliphatic heterocycles. The first-order valence-electron chi connectivity index (χ1n) is 8.87. The minimum absolute atomic E-state index is 0.0142. The van der Waals surface area contributed by atoms with Gasteiger partial charge in [-0.05, 0) is 36.8 Å². The zero-order chi connectivity index (χ0) is 16.9. The van der Waals surface area contributed by atoms with Crippen LogP contribution in [0.1, 0.15) is 44.1 Å². The highest BCUT2D eigenvalue weighted by Gasteiger charge is 2.50. The van der Waals surface area contributed by atoms with Gasteiger partial charge in [0.2, 0.25) is 11.8 Å². The summed E-state index contributed by atoms with van der Waals surface area (Å²) >= 11 is 0. The van der Waals surface area contributed by atoms with Gasteiger partial charge in [0.05, 0.1) is 12.7 Å². The normalized spacial score (nSPS) is 30.3. The highest BCUT2D eigenvalue weighted by Crippen LogP contribution is 2.42. The molecule has 1 N–H and O–H groups in total. The summed E-state index contributed by atoms with van der Waals surface area (Å²) in [7, 11) is 0. The van der Waals surface area contributed by atoms with Crippen molar-refractivity contribution >= 4 is 11.8 Å². The molecule has 0 saturated carbocycles. The number of rotatable bonds is 1. The zero-order valence-electron chi connectivity index (χ0n) is 14.2. The number of nitrogens with zero attached hydrogens (tertiary/aromatic N) is 1. The number of fused-ring (bicyclic) bond motifs is 1. The molecule has 0 bridgehead atoms. The molecule has 4 heteroatoms. The average Bonchev–Trinajstić information content (AvgIpc) is 3.10. The van der Waals surface area contributed by atoms with Gasteiger partial charge in [0.1, 0.15) is 0 Å². The fraction of sp³-hybridized carbons (Fsp3) is 0.474. The van der Waals surface area contributed by atoms with E-state index in [-0.39, 0.29) is 17.7 Å². The van der Waals surface area contributed by atoms with Crippen LogP contribution in [-0.4, -0.2) is 29.8 Å². The summed E-state index contributed by atoms with van der Waals surface area (Å²) in [6.45, 7) is 4.99. The Morgan fingerprint density at radius 2 is 2.35 bits per heavy atom. The van der Waals surface area contributed by atoms with E-state index in [4.69, 9.17) is 1.37 Å². The molecule has 2 fully saturated rings. The molecule has 1 aliphatic carbocycles. The maximum atomic E-state index is 13.1. The second-order valence-electron chi connectivity index (χ2n) is 7.07. The summed E-state index contributed by atoms with van der Waals surface area (Å²) in [6, 6.07) is 6.19. The number of nitrogens with one attached hydrogen (secondary N) is 1. The molecule has 1 aromatic rings. The van der Waals surface area contributed by atoms with Crippen LogP contribution >= 0.6 is 0 Å². The SMILES string of the molecule is [3H]c1cccc2c1CCCC2C(=O)N1CCC2(CC(=C)NC2=O)C1. The van der Waals surface area contributed by atoms with Gasteiger partial charge in [0.25, 0.3) is 0 Å². The third-order valence-corrected chi connectivity index (χ3v) is 5.56. The van der Waals surface area contributed by atoms with Crippen molar-refractivity contribution in [3.63, 3.8) is 0 Å². The largest absolute Gasteiger partial charge is 0.341 e. The first-order chi connectivity index (χ1) is 11.5. The Labute approximate surface area is 138 Å². The molecule has 0 aromatic heterocycles.